The minimum Gasteiger partial charge on any atom is -0.320 e. The largest absolute Gasteiger partial charge is 0.320 e. The van der Waals surface area contributed by atoms with Gasteiger partial charge in [0.1, 0.15) is 4.88 Å². The molecule has 0 radical (unpaired) electrons. The Kier molecular flexibility index (Phi) is 3.90. The van der Waals surface area contributed by atoms with Gasteiger partial charge in [0.05, 0.1) is 28.1 Å². The van der Waals surface area contributed by atoms with Gasteiger partial charge in [0.15, 0.2) is 0 Å². The quantitative estimate of drug-likeness (QED) is 0.781. The molecule has 3 rings (SSSR count). The molecule has 0 unspecified atom stereocenters. The van der Waals surface area contributed by atoms with Crippen molar-refractivity contribution in [2.75, 3.05) is 5.32 Å². The summed E-state index contributed by atoms with van der Waals surface area (Å²) in [5.41, 5.74) is 2.39. The fraction of sp³-hybridized carbons (Fsp3) is 0.235. The van der Waals surface area contributed by atoms with Crippen LogP contribution in [0.15, 0.2) is 36.5 Å². The number of anilines is 1. The number of hydrogen-bond donors (Lipinski definition) is 1. The lowest BCUT2D eigenvalue weighted by Gasteiger charge is -2.05. The SMILES string of the molecule is Cc1nc(C(C)C)sc1C(=O)Nc1cnc2ccccc2c1. The van der Waals surface area contributed by atoms with Crippen LogP contribution in [-0.2, 0) is 0 Å². The molecule has 22 heavy (non-hydrogen) atoms. The third-order valence-corrected chi connectivity index (χ3v) is 4.82. The number of hydrogen-bond acceptors (Lipinski definition) is 4. The first-order valence-corrected chi connectivity index (χ1v) is 7.99. The summed E-state index contributed by atoms with van der Waals surface area (Å²) in [6.45, 7) is 6.02. The summed E-state index contributed by atoms with van der Waals surface area (Å²) >= 11 is 1.46. The number of aryl methyl sites for hydroxylation is 1. The van der Waals surface area contributed by atoms with Crippen LogP contribution in [0.5, 0.6) is 0 Å². The van der Waals surface area contributed by atoms with Gasteiger partial charge in [-0.2, -0.15) is 0 Å². The molecule has 0 saturated carbocycles. The average molecular weight is 311 g/mol. The third-order valence-electron chi connectivity index (χ3n) is 3.36. The number of pyridine rings is 1. The first kappa shape index (κ1) is 14.7. The third kappa shape index (κ3) is 2.85. The summed E-state index contributed by atoms with van der Waals surface area (Å²) in [7, 11) is 0. The van der Waals surface area contributed by atoms with E-state index in [4.69, 9.17) is 0 Å². The molecule has 1 N–H and O–H groups in total. The lowest BCUT2D eigenvalue weighted by molar-refractivity contribution is 0.103. The standard InChI is InChI=1S/C17H17N3OS/c1-10(2)17-19-11(3)15(22-17)16(21)20-13-8-12-6-4-5-7-14(12)18-9-13/h4-10H,1-3H3,(H,20,21). The molecule has 0 fully saturated rings. The molecule has 5 heteroatoms. The maximum absolute atomic E-state index is 12.4. The van der Waals surface area contributed by atoms with Crippen molar-refractivity contribution in [3.8, 4) is 0 Å². The van der Waals surface area contributed by atoms with Gasteiger partial charge in [-0.3, -0.25) is 9.78 Å². The van der Waals surface area contributed by atoms with E-state index in [1.165, 1.54) is 11.3 Å². The van der Waals surface area contributed by atoms with Gasteiger partial charge in [-0.25, -0.2) is 4.98 Å². The zero-order valence-electron chi connectivity index (χ0n) is 12.8. The molecule has 4 nitrogen and oxygen atoms in total. The summed E-state index contributed by atoms with van der Waals surface area (Å²) in [4.78, 5) is 21.9. The maximum atomic E-state index is 12.4. The number of aromatic nitrogens is 2. The molecule has 0 aliphatic rings. The average Bonchev–Trinajstić information content (AvgIpc) is 2.89. The molecule has 0 saturated heterocycles. The van der Waals surface area contributed by atoms with Gasteiger partial charge in [0, 0.05) is 11.3 Å². The second kappa shape index (κ2) is 5.85. The molecule has 2 heterocycles. The van der Waals surface area contributed by atoms with Crippen molar-refractivity contribution in [2.45, 2.75) is 26.7 Å². The fourth-order valence-electron chi connectivity index (χ4n) is 2.20. The smallest absolute Gasteiger partial charge is 0.267 e. The number of rotatable bonds is 3. The lowest BCUT2D eigenvalue weighted by Crippen LogP contribution is -2.11. The second-order valence-electron chi connectivity index (χ2n) is 5.49. The van der Waals surface area contributed by atoms with Crippen molar-refractivity contribution >= 4 is 33.8 Å². The highest BCUT2D eigenvalue weighted by Crippen LogP contribution is 2.25. The van der Waals surface area contributed by atoms with Crippen LogP contribution in [-0.4, -0.2) is 15.9 Å². The Bertz CT molecular complexity index is 839. The predicted octanol–water partition coefficient (Wildman–Crippen LogP) is 4.38. The van der Waals surface area contributed by atoms with E-state index < -0.39 is 0 Å². The van der Waals surface area contributed by atoms with Crippen LogP contribution in [0.2, 0.25) is 0 Å². The van der Waals surface area contributed by atoms with Crippen molar-refractivity contribution in [3.63, 3.8) is 0 Å². The number of nitrogens with zero attached hydrogens (tertiary/aromatic N) is 2. The van der Waals surface area contributed by atoms with E-state index >= 15 is 0 Å². The number of carbonyl (C=O) groups is 1. The molecule has 0 aliphatic heterocycles. The Morgan fingerprint density at radius 2 is 2.05 bits per heavy atom. The van der Waals surface area contributed by atoms with E-state index in [-0.39, 0.29) is 5.91 Å². The van der Waals surface area contributed by atoms with Crippen LogP contribution in [0, 0.1) is 6.92 Å². The number of carbonyl (C=O) groups excluding carboxylic acids is 1. The topological polar surface area (TPSA) is 54.9 Å². The van der Waals surface area contributed by atoms with Crippen molar-refractivity contribution < 1.29 is 4.79 Å². The Morgan fingerprint density at radius 3 is 2.77 bits per heavy atom. The molecule has 112 valence electrons. The van der Waals surface area contributed by atoms with Gasteiger partial charge in [-0.15, -0.1) is 11.3 Å². The first-order valence-electron chi connectivity index (χ1n) is 7.18. The van der Waals surface area contributed by atoms with Crippen molar-refractivity contribution in [2.24, 2.45) is 0 Å². The Hall–Kier alpha value is -2.27. The molecule has 0 atom stereocenters. The summed E-state index contributed by atoms with van der Waals surface area (Å²) in [5.74, 6) is 0.201. The van der Waals surface area contributed by atoms with E-state index in [1.54, 1.807) is 6.20 Å². The first-order chi connectivity index (χ1) is 10.5. The number of fused-ring (bicyclic) bond motifs is 1. The fourth-order valence-corrected chi connectivity index (χ4v) is 3.17. The number of thiazole rings is 1. The highest BCUT2D eigenvalue weighted by Gasteiger charge is 2.17. The zero-order chi connectivity index (χ0) is 15.7. The van der Waals surface area contributed by atoms with Crippen molar-refractivity contribution in [1.29, 1.82) is 0 Å². The molecule has 1 amide bonds. The van der Waals surface area contributed by atoms with Gasteiger partial charge < -0.3 is 5.32 Å². The minimum atomic E-state index is -0.126. The highest BCUT2D eigenvalue weighted by molar-refractivity contribution is 7.14. The zero-order valence-corrected chi connectivity index (χ0v) is 13.6. The molecular formula is C17H17N3OS. The Labute approximate surface area is 133 Å². The summed E-state index contributed by atoms with van der Waals surface area (Å²) < 4.78 is 0. The molecule has 0 spiro atoms. The molecular weight excluding hydrogens is 294 g/mol. The summed E-state index contributed by atoms with van der Waals surface area (Å²) in [6.07, 6.45) is 1.68. The number of nitrogens with one attached hydrogen (secondary N) is 1. The van der Waals surface area contributed by atoms with E-state index in [1.807, 2.05) is 37.3 Å². The molecule has 0 bridgehead atoms. The van der Waals surface area contributed by atoms with Gasteiger partial charge in [-0.1, -0.05) is 32.0 Å². The van der Waals surface area contributed by atoms with E-state index in [9.17, 15) is 4.79 Å². The molecule has 3 aromatic rings. The van der Waals surface area contributed by atoms with E-state index in [0.717, 1.165) is 21.6 Å². The van der Waals surface area contributed by atoms with Crippen molar-refractivity contribution in [1.82, 2.24) is 9.97 Å². The van der Waals surface area contributed by atoms with Crippen LogP contribution in [0.1, 0.15) is 40.1 Å². The van der Waals surface area contributed by atoms with Crippen LogP contribution in [0.3, 0.4) is 0 Å². The molecule has 1 aromatic carbocycles. The Morgan fingerprint density at radius 1 is 1.27 bits per heavy atom. The lowest BCUT2D eigenvalue weighted by atomic mass is 10.2. The van der Waals surface area contributed by atoms with Crippen LogP contribution >= 0.6 is 11.3 Å². The van der Waals surface area contributed by atoms with Crippen LogP contribution < -0.4 is 5.32 Å². The minimum absolute atomic E-state index is 0.126. The van der Waals surface area contributed by atoms with Gasteiger partial charge in [0.2, 0.25) is 0 Å². The highest BCUT2D eigenvalue weighted by atomic mass is 32.1. The van der Waals surface area contributed by atoms with E-state index in [2.05, 4.69) is 29.1 Å². The summed E-state index contributed by atoms with van der Waals surface area (Å²) in [6, 6.07) is 9.76. The van der Waals surface area contributed by atoms with Crippen LogP contribution in [0.4, 0.5) is 5.69 Å². The number of amides is 1. The summed E-state index contributed by atoms with van der Waals surface area (Å²) in [5, 5.41) is 4.90. The number of benzene rings is 1. The van der Waals surface area contributed by atoms with Crippen LogP contribution in [0.25, 0.3) is 10.9 Å². The molecule has 2 aromatic heterocycles. The van der Waals surface area contributed by atoms with Gasteiger partial charge in [-0.05, 0) is 19.1 Å². The van der Waals surface area contributed by atoms with Crippen molar-refractivity contribution in [3.05, 3.63) is 52.1 Å². The van der Waals surface area contributed by atoms with E-state index in [0.29, 0.717) is 16.5 Å². The normalized spacial score (nSPS) is 11.1. The van der Waals surface area contributed by atoms with Gasteiger partial charge in [0.25, 0.3) is 5.91 Å². The number of para-hydroxylation sites is 1. The second-order valence-corrected chi connectivity index (χ2v) is 6.52. The molecule has 0 aliphatic carbocycles. The van der Waals surface area contributed by atoms with Gasteiger partial charge >= 0.3 is 0 Å². The monoisotopic (exact) mass is 311 g/mol. The maximum Gasteiger partial charge on any atom is 0.267 e. The predicted molar refractivity (Wildman–Crippen MR) is 90.6 cm³/mol. The Balaban J connectivity index is 1.86.